The molecule has 1 aromatic heterocycles. The summed E-state index contributed by atoms with van der Waals surface area (Å²) in [7, 11) is 1.62. The van der Waals surface area contributed by atoms with Gasteiger partial charge in [-0.3, -0.25) is 0 Å². The van der Waals surface area contributed by atoms with Gasteiger partial charge in [0.2, 0.25) is 0 Å². The van der Waals surface area contributed by atoms with Crippen LogP contribution in [0.5, 0.6) is 5.75 Å². The van der Waals surface area contributed by atoms with Gasteiger partial charge in [0, 0.05) is 11.1 Å². The van der Waals surface area contributed by atoms with E-state index < -0.39 is 0 Å². The van der Waals surface area contributed by atoms with Crippen molar-refractivity contribution in [3.63, 3.8) is 0 Å². The lowest BCUT2D eigenvalue weighted by molar-refractivity contribution is 0.415. The second-order valence-electron chi connectivity index (χ2n) is 7.25. The van der Waals surface area contributed by atoms with Crippen molar-refractivity contribution >= 4 is 11.5 Å². The van der Waals surface area contributed by atoms with Gasteiger partial charge < -0.3 is 16.2 Å². The zero-order valence-corrected chi connectivity index (χ0v) is 15.6. The van der Waals surface area contributed by atoms with E-state index in [-0.39, 0.29) is 11.2 Å². The number of nitrogen functional groups attached to an aromatic ring is 2. The van der Waals surface area contributed by atoms with E-state index in [0.717, 1.165) is 16.9 Å². The molecule has 0 amide bonds. The van der Waals surface area contributed by atoms with Crippen LogP contribution in [0.4, 0.5) is 11.5 Å². The van der Waals surface area contributed by atoms with E-state index in [1.165, 1.54) is 5.56 Å². The summed E-state index contributed by atoms with van der Waals surface area (Å²) in [6, 6.07) is 15.8. The average Bonchev–Trinajstić information content (AvgIpc) is 2.63. The first-order chi connectivity index (χ1) is 12.3. The van der Waals surface area contributed by atoms with Crippen LogP contribution < -0.4 is 16.2 Å². The van der Waals surface area contributed by atoms with Crippen LogP contribution in [-0.4, -0.2) is 17.1 Å². The Morgan fingerprint density at radius 3 is 2.19 bits per heavy atom. The van der Waals surface area contributed by atoms with Crippen LogP contribution in [0.3, 0.4) is 0 Å². The number of hydrogen-bond acceptors (Lipinski definition) is 5. The minimum atomic E-state index is 0.0886. The third-order valence-electron chi connectivity index (χ3n) is 4.33. The molecule has 2 aromatic carbocycles. The van der Waals surface area contributed by atoms with Crippen LogP contribution in [-0.2, 0) is 5.41 Å². The van der Waals surface area contributed by atoms with Crippen molar-refractivity contribution in [1.29, 1.82) is 0 Å². The first-order valence-corrected chi connectivity index (χ1v) is 8.48. The summed E-state index contributed by atoms with van der Waals surface area (Å²) in [6.45, 7) is 6.54. The Morgan fingerprint density at radius 1 is 0.885 bits per heavy atom. The predicted octanol–water partition coefficient (Wildman–Crippen LogP) is 4.28. The fourth-order valence-electron chi connectivity index (χ4n) is 2.73. The molecule has 26 heavy (non-hydrogen) atoms. The van der Waals surface area contributed by atoms with Gasteiger partial charge in [0.15, 0.2) is 11.6 Å². The lowest BCUT2D eigenvalue weighted by Crippen LogP contribution is -2.10. The molecule has 0 aliphatic heterocycles. The lowest BCUT2D eigenvalue weighted by atomic mass is 9.86. The molecular weight excluding hydrogens is 324 g/mol. The molecule has 0 saturated heterocycles. The highest BCUT2D eigenvalue weighted by molar-refractivity contribution is 5.82. The van der Waals surface area contributed by atoms with Crippen molar-refractivity contribution < 1.29 is 4.74 Å². The van der Waals surface area contributed by atoms with Gasteiger partial charge in [0.05, 0.1) is 12.8 Å². The Morgan fingerprint density at radius 2 is 1.58 bits per heavy atom. The van der Waals surface area contributed by atoms with Crippen LogP contribution in [0.1, 0.15) is 26.3 Å². The molecule has 0 aliphatic carbocycles. The van der Waals surface area contributed by atoms with E-state index in [9.17, 15) is 0 Å². The topological polar surface area (TPSA) is 87.0 Å². The van der Waals surface area contributed by atoms with E-state index in [4.69, 9.17) is 16.2 Å². The number of nitrogens with zero attached hydrogens (tertiary/aromatic N) is 2. The zero-order valence-electron chi connectivity index (χ0n) is 15.6. The fourth-order valence-corrected chi connectivity index (χ4v) is 2.73. The molecule has 3 rings (SSSR count). The molecule has 134 valence electrons. The zero-order chi connectivity index (χ0) is 18.9. The molecule has 0 bridgehead atoms. The van der Waals surface area contributed by atoms with Gasteiger partial charge in [0.1, 0.15) is 11.4 Å². The van der Waals surface area contributed by atoms with Crippen LogP contribution >= 0.6 is 0 Å². The molecular formula is C21H24N4O. The molecule has 5 nitrogen and oxygen atoms in total. The van der Waals surface area contributed by atoms with Crippen molar-refractivity contribution in [2.45, 2.75) is 26.2 Å². The quantitative estimate of drug-likeness (QED) is 0.737. The number of hydrogen-bond donors (Lipinski definition) is 2. The molecule has 5 heteroatoms. The summed E-state index contributed by atoms with van der Waals surface area (Å²) in [5, 5.41) is 0. The Balaban J connectivity index is 2.08. The third kappa shape index (κ3) is 3.47. The number of aromatic nitrogens is 2. The van der Waals surface area contributed by atoms with Gasteiger partial charge in [-0.25, -0.2) is 9.97 Å². The van der Waals surface area contributed by atoms with Gasteiger partial charge in [-0.1, -0.05) is 57.2 Å². The largest absolute Gasteiger partial charge is 0.497 e. The van der Waals surface area contributed by atoms with Crippen molar-refractivity contribution in [3.8, 4) is 28.4 Å². The monoisotopic (exact) mass is 348 g/mol. The molecule has 0 spiro atoms. The summed E-state index contributed by atoms with van der Waals surface area (Å²) in [5.41, 5.74) is 16.2. The highest BCUT2D eigenvalue weighted by atomic mass is 16.5. The van der Waals surface area contributed by atoms with E-state index in [1.54, 1.807) is 7.11 Å². The molecule has 0 atom stereocenters. The number of ether oxygens (including phenoxy) is 1. The van der Waals surface area contributed by atoms with E-state index in [0.29, 0.717) is 17.2 Å². The second kappa shape index (κ2) is 6.67. The maximum absolute atomic E-state index is 6.14. The summed E-state index contributed by atoms with van der Waals surface area (Å²) in [4.78, 5) is 9.04. The van der Waals surface area contributed by atoms with Crippen LogP contribution in [0.15, 0.2) is 48.5 Å². The first-order valence-electron chi connectivity index (χ1n) is 8.48. The molecule has 0 unspecified atom stereocenters. The highest BCUT2D eigenvalue weighted by Gasteiger charge is 2.16. The van der Waals surface area contributed by atoms with E-state index in [1.807, 2.05) is 36.4 Å². The Bertz CT molecular complexity index is 928. The fraction of sp³-hybridized carbons (Fsp3) is 0.238. The van der Waals surface area contributed by atoms with Crippen molar-refractivity contribution in [3.05, 3.63) is 54.1 Å². The lowest BCUT2D eigenvalue weighted by Gasteiger charge is -2.19. The summed E-state index contributed by atoms with van der Waals surface area (Å²) in [6.07, 6.45) is 0. The summed E-state index contributed by atoms with van der Waals surface area (Å²) in [5.74, 6) is 1.55. The minimum absolute atomic E-state index is 0.0886. The van der Waals surface area contributed by atoms with Crippen molar-refractivity contribution in [1.82, 2.24) is 9.97 Å². The Labute approximate surface area is 154 Å². The number of rotatable bonds is 3. The summed E-state index contributed by atoms with van der Waals surface area (Å²) < 4.78 is 5.29. The predicted molar refractivity (Wildman–Crippen MR) is 107 cm³/mol. The summed E-state index contributed by atoms with van der Waals surface area (Å²) >= 11 is 0. The van der Waals surface area contributed by atoms with Crippen molar-refractivity contribution in [2.75, 3.05) is 18.6 Å². The third-order valence-corrected chi connectivity index (χ3v) is 4.33. The Kier molecular flexibility index (Phi) is 4.55. The number of anilines is 2. The average molecular weight is 348 g/mol. The minimum Gasteiger partial charge on any atom is -0.497 e. The maximum Gasteiger partial charge on any atom is 0.162 e. The molecule has 4 N–H and O–H groups in total. The second-order valence-corrected chi connectivity index (χ2v) is 7.25. The normalized spacial score (nSPS) is 11.4. The highest BCUT2D eigenvalue weighted by Crippen LogP contribution is 2.32. The SMILES string of the molecule is COc1cccc(-c2nc(-c3ccc(C(C)(C)C)cc3)nc(N)c2N)c1. The number of nitrogens with two attached hydrogens (primary N) is 2. The van der Waals surface area contributed by atoms with Gasteiger partial charge in [-0.15, -0.1) is 0 Å². The van der Waals surface area contributed by atoms with Gasteiger partial charge in [-0.2, -0.15) is 0 Å². The molecule has 1 heterocycles. The maximum atomic E-state index is 6.14. The molecule has 0 fully saturated rings. The van der Waals surface area contributed by atoms with E-state index in [2.05, 4.69) is 42.9 Å². The first kappa shape index (κ1) is 17.7. The number of benzene rings is 2. The molecule has 3 aromatic rings. The van der Waals surface area contributed by atoms with Gasteiger partial charge >= 0.3 is 0 Å². The number of methoxy groups -OCH3 is 1. The van der Waals surface area contributed by atoms with Crippen LogP contribution in [0, 0.1) is 0 Å². The van der Waals surface area contributed by atoms with Gasteiger partial charge in [-0.05, 0) is 23.1 Å². The van der Waals surface area contributed by atoms with E-state index >= 15 is 0 Å². The van der Waals surface area contributed by atoms with Gasteiger partial charge in [0.25, 0.3) is 0 Å². The Hall–Kier alpha value is -3.08. The molecule has 0 radical (unpaired) electrons. The molecule has 0 aliphatic rings. The smallest absolute Gasteiger partial charge is 0.162 e. The molecule has 0 saturated carbocycles. The van der Waals surface area contributed by atoms with Crippen LogP contribution in [0.2, 0.25) is 0 Å². The standard InChI is InChI=1S/C21H24N4O/c1-21(2,3)15-10-8-13(9-11-15)20-24-18(17(22)19(23)25-20)14-6-5-7-16(12-14)26-4/h5-12H,22H2,1-4H3,(H2,23,24,25). The van der Waals surface area contributed by atoms with Crippen LogP contribution in [0.25, 0.3) is 22.6 Å². The van der Waals surface area contributed by atoms with Crippen molar-refractivity contribution in [2.24, 2.45) is 0 Å².